The number of carbonyl (C=O) groups excluding carboxylic acids is 1. The third-order valence-corrected chi connectivity index (χ3v) is 4.49. The number of rotatable bonds is 3. The highest BCUT2D eigenvalue weighted by Gasteiger charge is 2.15. The number of aliphatic hydroxyl groups is 1. The first kappa shape index (κ1) is 15.7. The summed E-state index contributed by atoms with van der Waals surface area (Å²) in [5, 5.41) is 20.3. The summed E-state index contributed by atoms with van der Waals surface area (Å²) in [6, 6.07) is 15.7. The Balaban J connectivity index is 2.04. The summed E-state index contributed by atoms with van der Waals surface area (Å²) in [7, 11) is 1.30. The van der Waals surface area contributed by atoms with E-state index in [1.165, 1.54) is 30.6 Å². The zero-order valence-corrected chi connectivity index (χ0v) is 13.5. The SMILES string of the molecule is COC(=O)c1ccc(/C(O)=C(\C#N)c2nc3ccccc3s2)cc1. The Morgan fingerprint density at radius 1 is 1.17 bits per heavy atom. The van der Waals surface area contributed by atoms with Crippen LogP contribution >= 0.6 is 11.3 Å². The molecule has 5 nitrogen and oxygen atoms in total. The van der Waals surface area contributed by atoms with Crippen molar-refractivity contribution in [1.82, 2.24) is 4.98 Å². The minimum absolute atomic E-state index is 0.0991. The molecule has 0 aliphatic heterocycles. The lowest BCUT2D eigenvalue weighted by Crippen LogP contribution is -2.01. The number of ether oxygens (including phenoxy) is 1. The molecule has 0 unspecified atom stereocenters. The number of fused-ring (bicyclic) bond motifs is 1. The van der Waals surface area contributed by atoms with Gasteiger partial charge in [0, 0.05) is 5.56 Å². The number of nitrogens with zero attached hydrogens (tertiary/aromatic N) is 2. The van der Waals surface area contributed by atoms with Gasteiger partial charge in [0.2, 0.25) is 0 Å². The summed E-state index contributed by atoms with van der Waals surface area (Å²) in [5.74, 6) is -0.635. The quantitative estimate of drug-likeness (QED) is 0.443. The smallest absolute Gasteiger partial charge is 0.337 e. The van der Waals surface area contributed by atoms with Crippen molar-refractivity contribution in [2.75, 3.05) is 7.11 Å². The number of para-hydroxylation sites is 1. The Bertz CT molecular complexity index is 948. The van der Waals surface area contributed by atoms with Gasteiger partial charge in [-0.1, -0.05) is 24.3 Å². The van der Waals surface area contributed by atoms with Crippen LogP contribution in [0.15, 0.2) is 48.5 Å². The Morgan fingerprint density at radius 3 is 2.46 bits per heavy atom. The monoisotopic (exact) mass is 336 g/mol. The minimum Gasteiger partial charge on any atom is -0.506 e. The number of hydrogen-bond donors (Lipinski definition) is 1. The number of thiazole rings is 1. The largest absolute Gasteiger partial charge is 0.506 e. The maximum Gasteiger partial charge on any atom is 0.337 e. The molecule has 1 aromatic heterocycles. The summed E-state index contributed by atoms with van der Waals surface area (Å²) >= 11 is 1.34. The number of carbonyl (C=O) groups is 1. The van der Waals surface area contributed by atoms with Gasteiger partial charge in [-0.3, -0.25) is 0 Å². The molecule has 0 amide bonds. The van der Waals surface area contributed by atoms with Crippen LogP contribution in [0.2, 0.25) is 0 Å². The van der Waals surface area contributed by atoms with Gasteiger partial charge in [0.15, 0.2) is 0 Å². The molecule has 0 fully saturated rings. The molecule has 0 aliphatic carbocycles. The Morgan fingerprint density at radius 2 is 1.83 bits per heavy atom. The number of aromatic nitrogens is 1. The van der Waals surface area contributed by atoms with Crippen LogP contribution in [-0.4, -0.2) is 23.2 Å². The second-order valence-corrected chi connectivity index (χ2v) is 5.92. The lowest BCUT2D eigenvalue weighted by atomic mass is 10.1. The molecule has 3 aromatic rings. The van der Waals surface area contributed by atoms with Crippen molar-refractivity contribution in [3.05, 3.63) is 64.7 Å². The lowest BCUT2D eigenvalue weighted by molar-refractivity contribution is 0.0600. The van der Waals surface area contributed by atoms with Crippen LogP contribution < -0.4 is 0 Å². The van der Waals surface area contributed by atoms with Gasteiger partial charge >= 0.3 is 5.97 Å². The van der Waals surface area contributed by atoms with Gasteiger partial charge in [0.05, 0.1) is 22.9 Å². The van der Waals surface area contributed by atoms with E-state index < -0.39 is 5.97 Å². The van der Waals surface area contributed by atoms with E-state index in [2.05, 4.69) is 9.72 Å². The predicted molar refractivity (Wildman–Crippen MR) is 92.5 cm³/mol. The third kappa shape index (κ3) is 2.85. The second-order valence-electron chi connectivity index (χ2n) is 4.89. The van der Waals surface area contributed by atoms with Crippen molar-refractivity contribution < 1.29 is 14.6 Å². The molecule has 1 N–H and O–H groups in total. The van der Waals surface area contributed by atoms with Crippen LogP contribution in [-0.2, 0) is 4.74 Å². The number of hydrogen-bond acceptors (Lipinski definition) is 6. The van der Waals surface area contributed by atoms with E-state index in [9.17, 15) is 15.2 Å². The van der Waals surface area contributed by atoms with E-state index in [0.717, 1.165) is 10.2 Å². The zero-order chi connectivity index (χ0) is 17.1. The van der Waals surface area contributed by atoms with Crippen molar-refractivity contribution in [3.63, 3.8) is 0 Å². The molecule has 0 atom stereocenters. The van der Waals surface area contributed by atoms with E-state index in [1.807, 2.05) is 30.3 Å². The molecule has 3 rings (SSSR count). The molecular weight excluding hydrogens is 324 g/mol. The Kier molecular flexibility index (Phi) is 4.27. The Hall–Kier alpha value is -3.17. The topological polar surface area (TPSA) is 83.2 Å². The number of benzene rings is 2. The predicted octanol–water partition coefficient (Wildman–Crippen LogP) is 4.03. The van der Waals surface area contributed by atoms with Gasteiger partial charge in [-0.15, -0.1) is 11.3 Å². The molecule has 0 saturated carbocycles. The van der Waals surface area contributed by atoms with E-state index in [1.54, 1.807) is 12.1 Å². The molecule has 0 spiro atoms. The standard InChI is InChI=1S/C18H12N2O3S/c1-23-18(22)12-8-6-11(7-9-12)16(21)13(10-19)17-20-14-4-2-3-5-15(14)24-17/h2-9,21H,1H3/b16-13-. The van der Waals surface area contributed by atoms with E-state index in [-0.39, 0.29) is 11.3 Å². The van der Waals surface area contributed by atoms with Crippen LogP contribution in [0.4, 0.5) is 0 Å². The molecule has 6 heteroatoms. The molecule has 118 valence electrons. The molecule has 0 bridgehead atoms. The molecule has 2 aromatic carbocycles. The molecule has 0 aliphatic rings. The first-order chi connectivity index (χ1) is 11.6. The van der Waals surface area contributed by atoms with Gasteiger partial charge in [-0.05, 0) is 24.3 Å². The van der Waals surface area contributed by atoms with Crippen molar-refractivity contribution in [2.45, 2.75) is 0 Å². The number of allylic oxidation sites excluding steroid dienone is 1. The summed E-state index contributed by atoms with van der Waals surface area (Å²) in [6.07, 6.45) is 0. The van der Waals surface area contributed by atoms with E-state index in [0.29, 0.717) is 16.1 Å². The summed E-state index contributed by atoms with van der Waals surface area (Å²) < 4.78 is 5.57. The average molecular weight is 336 g/mol. The van der Waals surface area contributed by atoms with E-state index >= 15 is 0 Å². The van der Waals surface area contributed by atoms with Gasteiger partial charge in [-0.25, -0.2) is 9.78 Å². The minimum atomic E-state index is -0.461. The fraction of sp³-hybridized carbons (Fsp3) is 0.0556. The van der Waals surface area contributed by atoms with Crippen molar-refractivity contribution in [1.29, 1.82) is 5.26 Å². The molecular formula is C18H12N2O3S. The molecule has 0 radical (unpaired) electrons. The Labute approximate surface area is 142 Å². The van der Waals surface area contributed by atoms with Crippen molar-refractivity contribution in [2.24, 2.45) is 0 Å². The molecule has 0 saturated heterocycles. The normalized spacial score (nSPS) is 11.7. The fourth-order valence-corrected chi connectivity index (χ4v) is 3.17. The number of methoxy groups -OCH3 is 1. The second kappa shape index (κ2) is 6.52. The highest BCUT2D eigenvalue weighted by atomic mass is 32.1. The first-order valence-corrected chi connectivity index (χ1v) is 7.83. The molecule has 24 heavy (non-hydrogen) atoms. The van der Waals surface area contributed by atoms with E-state index in [4.69, 9.17) is 0 Å². The van der Waals surface area contributed by atoms with Gasteiger partial charge < -0.3 is 9.84 Å². The van der Waals surface area contributed by atoms with Crippen LogP contribution in [0, 0.1) is 11.3 Å². The van der Waals surface area contributed by atoms with Gasteiger partial charge in [-0.2, -0.15) is 5.26 Å². The molecule has 1 heterocycles. The maximum atomic E-state index is 11.4. The zero-order valence-electron chi connectivity index (χ0n) is 12.7. The van der Waals surface area contributed by atoms with Crippen LogP contribution in [0.1, 0.15) is 20.9 Å². The van der Waals surface area contributed by atoms with Crippen molar-refractivity contribution >= 4 is 38.9 Å². The fourth-order valence-electron chi connectivity index (χ4n) is 2.21. The lowest BCUT2D eigenvalue weighted by Gasteiger charge is -2.04. The summed E-state index contributed by atoms with van der Waals surface area (Å²) in [4.78, 5) is 15.8. The number of aliphatic hydroxyl groups excluding tert-OH is 1. The average Bonchev–Trinajstić information content (AvgIpc) is 3.05. The third-order valence-electron chi connectivity index (χ3n) is 3.44. The number of esters is 1. The first-order valence-electron chi connectivity index (χ1n) is 7.02. The highest BCUT2D eigenvalue weighted by Crippen LogP contribution is 2.30. The highest BCUT2D eigenvalue weighted by molar-refractivity contribution is 7.19. The van der Waals surface area contributed by atoms with Crippen molar-refractivity contribution in [3.8, 4) is 6.07 Å². The van der Waals surface area contributed by atoms with Crippen LogP contribution in [0.5, 0.6) is 0 Å². The van der Waals surface area contributed by atoms with Crippen LogP contribution in [0.3, 0.4) is 0 Å². The van der Waals surface area contributed by atoms with Crippen LogP contribution in [0.25, 0.3) is 21.5 Å². The summed E-state index contributed by atoms with van der Waals surface area (Å²) in [6.45, 7) is 0. The maximum absolute atomic E-state index is 11.4. The van der Waals surface area contributed by atoms with Gasteiger partial charge in [0.25, 0.3) is 0 Å². The summed E-state index contributed by atoms with van der Waals surface area (Å²) in [5.41, 5.74) is 1.67. The number of nitriles is 1. The van der Waals surface area contributed by atoms with Gasteiger partial charge in [0.1, 0.15) is 22.4 Å².